The maximum atomic E-state index is 5.34. The Kier molecular flexibility index (Phi) is 2.56. The molecule has 0 aromatic rings. The highest BCUT2D eigenvalue weighted by Crippen LogP contribution is 2.40. The summed E-state index contributed by atoms with van der Waals surface area (Å²) in [6.07, 6.45) is 1.21. The fraction of sp³-hybridized carbons (Fsp3) is 0.800. The Morgan fingerprint density at radius 1 is 1.38 bits per heavy atom. The van der Waals surface area contributed by atoms with Crippen molar-refractivity contribution in [2.24, 2.45) is 0 Å². The molecule has 1 fully saturated rings. The first kappa shape index (κ1) is 9.41. The van der Waals surface area contributed by atoms with Crippen molar-refractivity contribution < 1.29 is 4.74 Å². The van der Waals surface area contributed by atoms with E-state index in [1.807, 2.05) is 11.8 Å². The topological polar surface area (TPSA) is 12.5 Å². The van der Waals surface area contributed by atoms with E-state index >= 15 is 0 Å². The van der Waals surface area contributed by atoms with Crippen LogP contribution in [0.15, 0.2) is 11.1 Å². The Morgan fingerprint density at radius 3 is 2.62 bits per heavy atom. The third kappa shape index (κ3) is 2.20. The highest BCUT2D eigenvalue weighted by molar-refractivity contribution is 8.03. The van der Waals surface area contributed by atoms with Gasteiger partial charge in [0.25, 0.3) is 0 Å². The second-order valence-electron chi connectivity index (χ2n) is 4.26. The zero-order valence-electron chi connectivity index (χ0n) is 8.38. The minimum Gasteiger partial charge on any atom is -0.378 e. The van der Waals surface area contributed by atoms with Crippen LogP contribution in [-0.2, 0) is 4.74 Å². The molecular formula is C10H17NOS. The number of thioether (sulfide) groups is 1. The third-order valence-electron chi connectivity index (χ3n) is 2.54. The molecule has 2 aliphatic heterocycles. The van der Waals surface area contributed by atoms with Crippen LogP contribution in [0.5, 0.6) is 0 Å². The lowest BCUT2D eigenvalue weighted by molar-refractivity contribution is 0.0520. The van der Waals surface area contributed by atoms with Crippen molar-refractivity contribution in [1.82, 2.24) is 4.90 Å². The maximum absolute atomic E-state index is 5.34. The van der Waals surface area contributed by atoms with E-state index in [-0.39, 0.29) is 0 Å². The van der Waals surface area contributed by atoms with Gasteiger partial charge in [-0.25, -0.2) is 0 Å². The summed E-state index contributed by atoms with van der Waals surface area (Å²) in [5, 5.41) is 2.32. The number of ether oxygens (including phenoxy) is 1. The van der Waals surface area contributed by atoms with E-state index in [9.17, 15) is 0 Å². The number of hydrogen-bond acceptors (Lipinski definition) is 3. The van der Waals surface area contributed by atoms with E-state index in [2.05, 4.69) is 24.2 Å². The zero-order valence-corrected chi connectivity index (χ0v) is 9.19. The quantitative estimate of drug-likeness (QED) is 0.641. The predicted octanol–water partition coefficient (Wildman–Crippen LogP) is 2.08. The summed E-state index contributed by atoms with van der Waals surface area (Å²) < 4.78 is 5.75. The highest BCUT2D eigenvalue weighted by Gasteiger charge is 2.28. The summed E-state index contributed by atoms with van der Waals surface area (Å²) in [5.74, 6) is 0. The van der Waals surface area contributed by atoms with Crippen LogP contribution < -0.4 is 0 Å². The molecule has 13 heavy (non-hydrogen) atoms. The zero-order chi connectivity index (χ0) is 9.31. The number of hydrogen-bond donors (Lipinski definition) is 0. The van der Waals surface area contributed by atoms with E-state index in [0.717, 1.165) is 26.3 Å². The monoisotopic (exact) mass is 199 g/mol. The van der Waals surface area contributed by atoms with Crippen molar-refractivity contribution in [2.75, 3.05) is 26.3 Å². The van der Waals surface area contributed by atoms with Gasteiger partial charge in [-0.15, -0.1) is 11.8 Å². The van der Waals surface area contributed by atoms with Crippen LogP contribution in [0.4, 0.5) is 0 Å². The molecule has 0 amide bonds. The summed E-state index contributed by atoms with van der Waals surface area (Å²) in [4.78, 5) is 2.46. The minimum absolute atomic E-state index is 0.410. The fourth-order valence-electron chi connectivity index (χ4n) is 1.78. The first-order chi connectivity index (χ1) is 6.17. The lowest BCUT2D eigenvalue weighted by Crippen LogP contribution is -2.35. The SMILES string of the molecule is CC1(C)CC(N2CCOCC2)=CS1. The van der Waals surface area contributed by atoms with Crippen LogP contribution in [0.3, 0.4) is 0 Å². The van der Waals surface area contributed by atoms with Crippen molar-refractivity contribution in [3.63, 3.8) is 0 Å². The van der Waals surface area contributed by atoms with Crippen molar-refractivity contribution in [3.8, 4) is 0 Å². The molecular weight excluding hydrogens is 182 g/mol. The highest BCUT2D eigenvalue weighted by atomic mass is 32.2. The molecule has 2 rings (SSSR count). The molecule has 0 N–H and O–H groups in total. The molecule has 0 aliphatic carbocycles. The van der Waals surface area contributed by atoms with Gasteiger partial charge in [0.1, 0.15) is 0 Å². The van der Waals surface area contributed by atoms with Gasteiger partial charge in [0.05, 0.1) is 13.2 Å². The molecule has 1 saturated heterocycles. The predicted molar refractivity (Wildman–Crippen MR) is 56.8 cm³/mol. The summed E-state index contributed by atoms with van der Waals surface area (Å²) >= 11 is 1.96. The molecule has 2 aliphatic rings. The van der Waals surface area contributed by atoms with E-state index in [1.54, 1.807) is 0 Å². The standard InChI is InChI=1S/C10H17NOS/c1-10(2)7-9(8-13-10)11-3-5-12-6-4-11/h8H,3-7H2,1-2H3. The van der Waals surface area contributed by atoms with E-state index in [1.165, 1.54) is 12.1 Å². The van der Waals surface area contributed by atoms with Gasteiger partial charge in [0, 0.05) is 30.0 Å². The molecule has 74 valence electrons. The molecule has 3 heteroatoms. The molecule has 0 radical (unpaired) electrons. The Balaban J connectivity index is 1.94. The normalized spacial score (nSPS) is 27.5. The van der Waals surface area contributed by atoms with Crippen LogP contribution in [0.25, 0.3) is 0 Å². The average molecular weight is 199 g/mol. The molecule has 0 aromatic heterocycles. The van der Waals surface area contributed by atoms with Crippen LogP contribution in [0.1, 0.15) is 20.3 Å². The van der Waals surface area contributed by atoms with Gasteiger partial charge in [-0.05, 0) is 19.3 Å². The van der Waals surface area contributed by atoms with Gasteiger partial charge in [0.2, 0.25) is 0 Å². The smallest absolute Gasteiger partial charge is 0.0642 e. The average Bonchev–Trinajstić information content (AvgIpc) is 2.48. The second kappa shape index (κ2) is 3.54. The molecule has 0 aromatic carbocycles. The molecule has 0 unspecified atom stereocenters. The third-order valence-corrected chi connectivity index (χ3v) is 3.71. The fourth-order valence-corrected chi connectivity index (χ4v) is 2.70. The first-order valence-electron chi connectivity index (χ1n) is 4.87. The van der Waals surface area contributed by atoms with Crippen LogP contribution in [0.2, 0.25) is 0 Å². The van der Waals surface area contributed by atoms with E-state index < -0.39 is 0 Å². The Labute approximate surface area is 84.3 Å². The summed E-state index contributed by atoms with van der Waals surface area (Å²) in [6, 6.07) is 0. The van der Waals surface area contributed by atoms with Crippen molar-refractivity contribution in [2.45, 2.75) is 25.0 Å². The van der Waals surface area contributed by atoms with Crippen molar-refractivity contribution >= 4 is 11.8 Å². The lowest BCUT2D eigenvalue weighted by atomic mass is 10.1. The summed E-state index contributed by atoms with van der Waals surface area (Å²) in [5.41, 5.74) is 1.51. The number of nitrogens with zero attached hydrogens (tertiary/aromatic N) is 1. The minimum atomic E-state index is 0.410. The second-order valence-corrected chi connectivity index (χ2v) is 5.84. The van der Waals surface area contributed by atoms with Gasteiger partial charge in [-0.2, -0.15) is 0 Å². The van der Waals surface area contributed by atoms with E-state index in [0.29, 0.717) is 4.75 Å². The van der Waals surface area contributed by atoms with Gasteiger partial charge in [0.15, 0.2) is 0 Å². The molecule has 2 nitrogen and oxygen atoms in total. The van der Waals surface area contributed by atoms with Crippen LogP contribution >= 0.6 is 11.8 Å². The maximum Gasteiger partial charge on any atom is 0.0642 e. The Hall–Kier alpha value is -0.150. The Morgan fingerprint density at radius 2 is 2.08 bits per heavy atom. The Bertz CT molecular complexity index is 219. The summed E-state index contributed by atoms with van der Waals surface area (Å²) in [7, 11) is 0. The molecule has 2 heterocycles. The first-order valence-corrected chi connectivity index (χ1v) is 5.75. The molecule has 0 spiro atoms. The van der Waals surface area contributed by atoms with Gasteiger partial charge >= 0.3 is 0 Å². The van der Waals surface area contributed by atoms with Crippen molar-refractivity contribution in [3.05, 3.63) is 11.1 Å². The van der Waals surface area contributed by atoms with Gasteiger partial charge < -0.3 is 9.64 Å². The van der Waals surface area contributed by atoms with Crippen molar-refractivity contribution in [1.29, 1.82) is 0 Å². The van der Waals surface area contributed by atoms with Gasteiger partial charge in [-0.3, -0.25) is 0 Å². The van der Waals surface area contributed by atoms with Crippen LogP contribution in [-0.4, -0.2) is 36.0 Å². The molecule has 0 saturated carbocycles. The van der Waals surface area contributed by atoms with Gasteiger partial charge in [-0.1, -0.05) is 0 Å². The largest absolute Gasteiger partial charge is 0.378 e. The molecule has 0 bridgehead atoms. The van der Waals surface area contributed by atoms with E-state index in [4.69, 9.17) is 4.74 Å². The number of morpholine rings is 1. The number of rotatable bonds is 1. The summed E-state index contributed by atoms with van der Waals surface area (Å²) in [6.45, 7) is 8.54. The number of allylic oxidation sites excluding steroid dienone is 1. The van der Waals surface area contributed by atoms with Crippen LogP contribution in [0, 0.1) is 0 Å². The lowest BCUT2D eigenvalue weighted by Gasteiger charge is -2.30. The molecule has 0 atom stereocenters.